The third-order valence-corrected chi connectivity index (χ3v) is 6.77. The average Bonchev–Trinajstić information content (AvgIpc) is 3.46. The number of fused-ring (bicyclic) bond motifs is 5. The van der Waals surface area contributed by atoms with Gasteiger partial charge >= 0.3 is 0 Å². The summed E-state index contributed by atoms with van der Waals surface area (Å²) >= 11 is 0. The Morgan fingerprint density at radius 3 is 2.59 bits per heavy atom. The van der Waals surface area contributed by atoms with Gasteiger partial charge in [0.15, 0.2) is 16.8 Å². The van der Waals surface area contributed by atoms with Crippen molar-refractivity contribution in [2.45, 2.75) is 40.3 Å². The molecule has 0 bridgehead atoms. The summed E-state index contributed by atoms with van der Waals surface area (Å²) in [5.41, 5.74) is 6.42. The number of benzene rings is 3. The second-order valence-corrected chi connectivity index (χ2v) is 8.67. The van der Waals surface area contributed by atoms with Gasteiger partial charge in [-0.1, -0.05) is 30.3 Å². The number of anilines is 1. The Bertz CT molecular complexity index is 1410. The number of aryl methyl sites for hydroxylation is 3. The molecule has 0 fully saturated rings. The van der Waals surface area contributed by atoms with Crippen LogP contribution in [0.15, 0.2) is 72.6 Å². The quantitative estimate of drug-likeness (QED) is 0.380. The number of allylic oxidation sites excluding steroid dienone is 3. The fourth-order valence-corrected chi connectivity index (χ4v) is 5.25. The molecular formula is C28H28N3O+. The lowest BCUT2D eigenvalue weighted by Crippen LogP contribution is -2.35. The van der Waals surface area contributed by atoms with Gasteiger partial charge in [-0.05, 0) is 73.5 Å². The van der Waals surface area contributed by atoms with Crippen LogP contribution in [0.1, 0.15) is 31.7 Å². The van der Waals surface area contributed by atoms with E-state index >= 15 is 0 Å². The van der Waals surface area contributed by atoms with Gasteiger partial charge in [0.1, 0.15) is 0 Å². The van der Waals surface area contributed by atoms with Crippen molar-refractivity contribution in [3.63, 3.8) is 0 Å². The van der Waals surface area contributed by atoms with Crippen LogP contribution in [-0.2, 0) is 13.1 Å². The normalized spacial score (nSPS) is 17.5. The predicted molar refractivity (Wildman–Crippen MR) is 131 cm³/mol. The lowest BCUT2D eigenvalue weighted by atomic mass is 10.1. The van der Waals surface area contributed by atoms with E-state index < -0.39 is 0 Å². The van der Waals surface area contributed by atoms with Gasteiger partial charge < -0.3 is 9.64 Å². The number of hydrogen-bond acceptors (Lipinski definition) is 2. The van der Waals surface area contributed by atoms with Crippen LogP contribution in [0.25, 0.3) is 27.4 Å². The summed E-state index contributed by atoms with van der Waals surface area (Å²) in [5.74, 6) is 3.17. The minimum Gasteiger partial charge on any atom is -0.439 e. The highest BCUT2D eigenvalue weighted by molar-refractivity contribution is 5.95. The molecule has 0 atom stereocenters. The van der Waals surface area contributed by atoms with Crippen LogP contribution in [0.4, 0.5) is 5.69 Å². The van der Waals surface area contributed by atoms with Crippen molar-refractivity contribution in [1.82, 2.24) is 4.57 Å². The first kappa shape index (κ1) is 19.2. The summed E-state index contributed by atoms with van der Waals surface area (Å²) in [6.45, 7) is 9.39. The Morgan fingerprint density at radius 1 is 1.00 bits per heavy atom. The maximum atomic E-state index is 6.21. The SMILES string of the molecule is CCN1C(=CC=C2CCn3c2[n+](CC)c2cc4ccccc4cc23)Oc2ccc(C)cc21. The third-order valence-electron chi connectivity index (χ3n) is 6.77. The number of nitrogens with zero attached hydrogens (tertiary/aromatic N) is 3. The molecule has 0 unspecified atom stereocenters. The van der Waals surface area contributed by atoms with Crippen LogP contribution in [0.2, 0.25) is 0 Å². The minimum absolute atomic E-state index is 0.882. The molecule has 4 aromatic rings. The summed E-state index contributed by atoms with van der Waals surface area (Å²) < 4.78 is 11.2. The van der Waals surface area contributed by atoms with E-state index in [9.17, 15) is 0 Å². The molecule has 6 rings (SSSR count). The fraction of sp³-hybridized carbons (Fsp3) is 0.250. The summed E-state index contributed by atoms with van der Waals surface area (Å²) in [7, 11) is 0. The van der Waals surface area contributed by atoms with Gasteiger partial charge in [-0.25, -0.2) is 9.13 Å². The second-order valence-electron chi connectivity index (χ2n) is 8.67. The Balaban J connectivity index is 1.45. The summed E-state index contributed by atoms with van der Waals surface area (Å²) in [6, 6.07) is 19.7. The highest BCUT2D eigenvalue weighted by Crippen LogP contribution is 2.40. The molecule has 0 saturated carbocycles. The zero-order valence-corrected chi connectivity index (χ0v) is 18.9. The van der Waals surface area contributed by atoms with Crippen LogP contribution in [0.5, 0.6) is 5.75 Å². The Kier molecular flexibility index (Phi) is 4.35. The summed E-state index contributed by atoms with van der Waals surface area (Å²) in [4.78, 5) is 2.25. The second kappa shape index (κ2) is 7.27. The van der Waals surface area contributed by atoms with Crippen molar-refractivity contribution in [2.24, 2.45) is 0 Å². The molecule has 1 aromatic heterocycles. The minimum atomic E-state index is 0.882. The van der Waals surface area contributed by atoms with E-state index in [1.807, 2.05) is 0 Å². The van der Waals surface area contributed by atoms with E-state index in [0.717, 1.165) is 43.4 Å². The molecule has 4 nitrogen and oxygen atoms in total. The van der Waals surface area contributed by atoms with Gasteiger partial charge in [-0.3, -0.25) is 0 Å². The zero-order chi connectivity index (χ0) is 21.8. The summed E-state index contributed by atoms with van der Waals surface area (Å²) in [5, 5.41) is 2.60. The van der Waals surface area contributed by atoms with E-state index in [1.54, 1.807) is 0 Å². The Hall–Kier alpha value is -3.53. The fourth-order valence-electron chi connectivity index (χ4n) is 5.25. The smallest absolute Gasteiger partial charge is 0.285 e. The molecule has 0 radical (unpaired) electrons. The van der Waals surface area contributed by atoms with Gasteiger partial charge in [0.05, 0.1) is 18.8 Å². The molecule has 0 amide bonds. The van der Waals surface area contributed by atoms with Crippen LogP contribution in [0.3, 0.4) is 0 Å². The van der Waals surface area contributed by atoms with Crippen molar-refractivity contribution in [3.05, 3.63) is 84.0 Å². The molecule has 160 valence electrons. The number of ether oxygens (including phenoxy) is 1. The lowest BCUT2D eigenvalue weighted by molar-refractivity contribution is -0.670. The number of hydrogen-bond donors (Lipinski definition) is 0. The molecule has 4 heteroatoms. The number of rotatable bonds is 3. The first-order valence-electron chi connectivity index (χ1n) is 11.6. The van der Waals surface area contributed by atoms with Crippen LogP contribution >= 0.6 is 0 Å². The summed E-state index contributed by atoms with van der Waals surface area (Å²) in [6.07, 6.45) is 5.46. The van der Waals surface area contributed by atoms with Crippen molar-refractivity contribution in [2.75, 3.05) is 11.4 Å². The highest BCUT2D eigenvalue weighted by Gasteiger charge is 2.33. The highest BCUT2D eigenvalue weighted by atomic mass is 16.5. The van der Waals surface area contributed by atoms with Gasteiger partial charge in [0.25, 0.3) is 5.82 Å². The first-order valence-corrected chi connectivity index (χ1v) is 11.6. The number of aromatic nitrogens is 2. The molecule has 32 heavy (non-hydrogen) atoms. The van der Waals surface area contributed by atoms with Crippen molar-refractivity contribution >= 4 is 33.1 Å². The van der Waals surface area contributed by atoms with Gasteiger partial charge in [-0.15, -0.1) is 0 Å². The van der Waals surface area contributed by atoms with E-state index in [-0.39, 0.29) is 0 Å². The zero-order valence-electron chi connectivity index (χ0n) is 18.9. The molecule has 2 aliphatic rings. The molecule has 0 spiro atoms. The predicted octanol–water partition coefficient (Wildman–Crippen LogP) is 5.96. The molecule has 2 aliphatic heterocycles. The van der Waals surface area contributed by atoms with E-state index in [1.165, 1.54) is 38.8 Å². The first-order chi connectivity index (χ1) is 15.7. The topological polar surface area (TPSA) is 21.3 Å². The standard InChI is InChI=1S/C28H28N3O/c1-4-29-25-16-19(3)10-12-26(25)32-27(29)13-11-20-14-15-31-24-18-22-9-7-6-8-21(22)17-23(24)30(5-2)28(20)31/h6-13,16-18H,4-5,14-15H2,1-3H3/q+1. The average molecular weight is 423 g/mol. The van der Waals surface area contributed by atoms with Crippen molar-refractivity contribution in [1.29, 1.82) is 0 Å². The molecule has 0 N–H and O–H groups in total. The van der Waals surface area contributed by atoms with Gasteiger partial charge in [0.2, 0.25) is 5.88 Å². The number of imidazole rings is 1. The molecular weight excluding hydrogens is 394 g/mol. The van der Waals surface area contributed by atoms with Gasteiger partial charge in [-0.2, -0.15) is 0 Å². The largest absolute Gasteiger partial charge is 0.439 e. The molecule has 3 aromatic carbocycles. The molecule has 0 aliphatic carbocycles. The third kappa shape index (κ3) is 2.79. The van der Waals surface area contributed by atoms with E-state index in [2.05, 4.69) is 102 Å². The Morgan fingerprint density at radius 2 is 1.81 bits per heavy atom. The maximum Gasteiger partial charge on any atom is 0.285 e. The van der Waals surface area contributed by atoms with Crippen molar-refractivity contribution < 1.29 is 9.30 Å². The van der Waals surface area contributed by atoms with Crippen LogP contribution in [-0.4, -0.2) is 11.1 Å². The van der Waals surface area contributed by atoms with Crippen LogP contribution in [0, 0.1) is 6.92 Å². The molecule has 0 saturated heterocycles. The van der Waals surface area contributed by atoms with E-state index in [4.69, 9.17) is 4.74 Å². The van der Waals surface area contributed by atoms with Gasteiger partial charge in [0, 0.05) is 18.5 Å². The Labute approximate surface area is 188 Å². The maximum absolute atomic E-state index is 6.21. The monoisotopic (exact) mass is 422 g/mol. The lowest BCUT2D eigenvalue weighted by Gasteiger charge is -2.15. The van der Waals surface area contributed by atoms with Crippen molar-refractivity contribution in [3.8, 4) is 5.75 Å². The van der Waals surface area contributed by atoms with Crippen LogP contribution < -0.4 is 14.2 Å². The molecule has 3 heterocycles. The van der Waals surface area contributed by atoms with E-state index in [0.29, 0.717) is 0 Å².